The molecule has 3 heteroatoms. The van der Waals surface area contributed by atoms with Gasteiger partial charge in [0.1, 0.15) is 0 Å². The van der Waals surface area contributed by atoms with Crippen molar-refractivity contribution in [3.63, 3.8) is 0 Å². The summed E-state index contributed by atoms with van der Waals surface area (Å²) >= 11 is 0. The summed E-state index contributed by atoms with van der Waals surface area (Å²) < 4.78 is 1.88. The first kappa shape index (κ1) is 10.9. The van der Waals surface area contributed by atoms with Crippen LogP contribution >= 0.6 is 0 Å². The third-order valence-electron chi connectivity index (χ3n) is 2.73. The number of hydrogen-bond acceptors (Lipinski definition) is 2. The molecule has 2 aromatic rings. The van der Waals surface area contributed by atoms with E-state index in [0.29, 0.717) is 6.54 Å². The van der Waals surface area contributed by atoms with Crippen molar-refractivity contribution in [2.45, 2.75) is 26.5 Å². The number of imidazole rings is 1. The van der Waals surface area contributed by atoms with Crippen LogP contribution < -0.4 is 0 Å². The molecule has 1 N–H and O–H groups in total. The highest BCUT2D eigenvalue weighted by molar-refractivity contribution is 5.31. The van der Waals surface area contributed by atoms with Crippen molar-refractivity contribution in [1.29, 1.82) is 0 Å². The molecule has 0 spiro atoms. The zero-order valence-corrected chi connectivity index (χ0v) is 9.59. The van der Waals surface area contributed by atoms with Crippen LogP contribution in [0.4, 0.5) is 0 Å². The van der Waals surface area contributed by atoms with Gasteiger partial charge in [0.25, 0.3) is 0 Å². The number of nitrogens with zero attached hydrogens (tertiary/aromatic N) is 2. The normalized spacial score (nSPS) is 12.7. The maximum Gasteiger partial charge on any atom is 0.0971 e. The van der Waals surface area contributed by atoms with Gasteiger partial charge in [0, 0.05) is 12.4 Å². The van der Waals surface area contributed by atoms with Gasteiger partial charge >= 0.3 is 0 Å². The minimum absolute atomic E-state index is 0.477. The van der Waals surface area contributed by atoms with Crippen molar-refractivity contribution >= 4 is 0 Å². The second kappa shape index (κ2) is 4.49. The molecule has 0 aliphatic heterocycles. The van der Waals surface area contributed by atoms with Gasteiger partial charge in [-0.25, -0.2) is 4.98 Å². The lowest BCUT2D eigenvalue weighted by Crippen LogP contribution is -2.08. The molecular weight excluding hydrogens is 200 g/mol. The maximum absolute atomic E-state index is 10.1. The molecule has 1 aromatic carbocycles. The molecule has 0 bridgehead atoms. The first-order chi connectivity index (χ1) is 7.66. The molecule has 0 aliphatic carbocycles. The van der Waals surface area contributed by atoms with E-state index in [4.69, 9.17) is 0 Å². The van der Waals surface area contributed by atoms with Crippen molar-refractivity contribution in [3.8, 4) is 0 Å². The van der Waals surface area contributed by atoms with Gasteiger partial charge in [-0.2, -0.15) is 0 Å². The first-order valence-electron chi connectivity index (χ1n) is 5.38. The number of aryl methyl sites for hydroxylation is 2. The summed E-state index contributed by atoms with van der Waals surface area (Å²) in [5.74, 6) is 0. The number of rotatable bonds is 3. The van der Waals surface area contributed by atoms with Gasteiger partial charge in [0.15, 0.2) is 0 Å². The summed E-state index contributed by atoms with van der Waals surface area (Å²) in [5, 5.41) is 10.1. The standard InChI is InChI=1S/C13H16N2O/c1-10-3-4-12(11(2)7-10)13(16)8-15-6-5-14-9-15/h3-7,9,13,16H,8H2,1-2H3. The molecular formula is C13H16N2O. The van der Waals surface area contributed by atoms with E-state index in [1.807, 2.05) is 29.8 Å². The Kier molecular flexibility index (Phi) is 3.06. The Labute approximate surface area is 95.4 Å². The smallest absolute Gasteiger partial charge is 0.0971 e. The molecule has 0 aliphatic rings. The maximum atomic E-state index is 10.1. The first-order valence-corrected chi connectivity index (χ1v) is 5.38. The molecule has 1 aromatic heterocycles. The van der Waals surface area contributed by atoms with Gasteiger partial charge in [-0.3, -0.25) is 0 Å². The van der Waals surface area contributed by atoms with Crippen LogP contribution in [0.1, 0.15) is 22.8 Å². The molecule has 0 radical (unpaired) electrons. The van der Waals surface area contributed by atoms with E-state index < -0.39 is 6.10 Å². The fourth-order valence-electron chi connectivity index (χ4n) is 1.89. The highest BCUT2D eigenvalue weighted by atomic mass is 16.3. The van der Waals surface area contributed by atoms with Gasteiger partial charge in [0.2, 0.25) is 0 Å². The number of aliphatic hydroxyl groups is 1. The van der Waals surface area contributed by atoms with Gasteiger partial charge in [-0.15, -0.1) is 0 Å². The second-order valence-corrected chi connectivity index (χ2v) is 4.14. The summed E-state index contributed by atoms with van der Waals surface area (Å²) in [7, 11) is 0. The summed E-state index contributed by atoms with van der Waals surface area (Å²) in [6, 6.07) is 6.11. The van der Waals surface area contributed by atoms with Gasteiger partial charge in [0.05, 0.1) is 19.0 Å². The van der Waals surface area contributed by atoms with E-state index in [0.717, 1.165) is 11.1 Å². The lowest BCUT2D eigenvalue weighted by Gasteiger charge is -2.14. The van der Waals surface area contributed by atoms with Gasteiger partial charge in [-0.05, 0) is 25.0 Å². The average Bonchev–Trinajstić information content (AvgIpc) is 2.70. The van der Waals surface area contributed by atoms with Crippen LogP contribution in [0.15, 0.2) is 36.9 Å². The Morgan fingerprint density at radius 1 is 1.38 bits per heavy atom. The molecule has 0 saturated heterocycles. The van der Waals surface area contributed by atoms with Gasteiger partial charge < -0.3 is 9.67 Å². The molecule has 16 heavy (non-hydrogen) atoms. The van der Waals surface area contributed by atoms with Crippen molar-refractivity contribution in [1.82, 2.24) is 9.55 Å². The van der Waals surface area contributed by atoms with Crippen molar-refractivity contribution in [2.75, 3.05) is 0 Å². The third kappa shape index (κ3) is 2.31. The Morgan fingerprint density at radius 3 is 2.81 bits per heavy atom. The highest BCUT2D eigenvalue weighted by Gasteiger charge is 2.10. The van der Waals surface area contributed by atoms with Crippen LogP contribution in [0, 0.1) is 13.8 Å². The van der Waals surface area contributed by atoms with Crippen molar-refractivity contribution in [3.05, 3.63) is 53.6 Å². The zero-order valence-electron chi connectivity index (χ0n) is 9.59. The zero-order chi connectivity index (χ0) is 11.5. The Hall–Kier alpha value is -1.61. The molecule has 3 nitrogen and oxygen atoms in total. The molecule has 1 atom stereocenters. The van der Waals surface area contributed by atoms with E-state index in [2.05, 4.69) is 18.0 Å². The Bertz CT molecular complexity index is 463. The molecule has 1 unspecified atom stereocenters. The minimum Gasteiger partial charge on any atom is -0.387 e. The topological polar surface area (TPSA) is 38.0 Å². The molecule has 2 rings (SSSR count). The minimum atomic E-state index is -0.477. The quantitative estimate of drug-likeness (QED) is 0.854. The van der Waals surface area contributed by atoms with Crippen LogP contribution in [0.5, 0.6) is 0 Å². The monoisotopic (exact) mass is 216 g/mol. The Morgan fingerprint density at radius 2 is 2.19 bits per heavy atom. The number of aromatic nitrogens is 2. The molecule has 0 fully saturated rings. The number of aliphatic hydroxyl groups excluding tert-OH is 1. The highest BCUT2D eigenvalue weighted by Crippen LogP contribution is 2.20. The van der Waals surface area contributed by atoms with Crippen LogP contribution in [0.3, 0.4) is 0 Å². The number of hydrogen-bond donors (Lipinski definition) is 1. The average molecular weight is 216 g/mol. The van der Waals surface area contributed by atoms with Crippen molar-refractivity contribution < 1.29 is 5.11 Å². The van der Waals surface area contributed by atoms with E-state index in [1.54, 1.807) is 12.5 Å². The van der Waals surface area contributed by atoms with E-state index in [9.17, 15) is 5.11 Å². The summed E-state index contributed by atoms with van der Waals surface area (Å²) in [5.41, 5.74) is 3.34. The van der Waals surface area contributed by atoms with E-state index in [-0.39, 0.29) is 0 Å². The third-order valence-corrected chi connectivity index (χ3v) is 2.73. The summed E-state index contributed by atoms with van der Waals surface area (Å²) in [4.78, 5) is 3.96. The fraction of sp³-hybridized carbons (Fsp3) is 0.308. The van der Waals surface area contributed by atoms with Crippen LogP contribution in [0.2, 0.25) is 0 Å². The van der Waals surface area contributed by atoms with Crippen molar-refractivity contribution in [2.24, 2.45) is 0 Å². The van der Waals surface area contributed by atoms with E-state index >= 15 is 0 Å². The summed E-state index contributed by atoms with van der Waals surface area (Å²) in [6.45, 7) is 4.63. The largest absolute Gasteiger partial charge is 0.387 e. The molecule has 84 valence electrons. The van der Waals surface area contributed by atoms with Crippen LogP contribution in [-0.4, -0.2) is 14.7 Å². The molecule has 0 amide bonds. The SMILES string of the molecule is Cc1ccc(C(O)Cn2ccnc2)c(C)c1. The van der Waals surface area contributed by atoms with Gasteiger partial charge in [-0.1, -0.05) is 23.8 Å². The summed E-state index contributed by atoms with van der Waals surface area (Å²) in [6.07, 6.45) is 4.81. The van der Waals surface area contributed by atoms with Crippen LogP contribution in [-0.2, 0) is 6.54 Å². The second-order valence-electron chi connectivity index (χ2n) is 4.14. The number of benzene rings is 1. The fourth-order valence-corrected chi connectivity index (χ4v) is 1.89. The molecule has 0 saturated carbocycles. The molecule has 1 heterocycles. The predicted octanol–water partition coefficient (Wildman–Crippen LogP) is 2.23. The predicted molar refractivity (Wildman–Crippen MR) is 63.1 cm³/mol. The lowest BCUT2D eigenvalue weighted by atomic mass is 10.0. The van der Waals surface area contributed by atoms with E-state index in [1.165, 1.54) is 5.56 Å². The van der Waals surface area contributed by atoms with Crippen LogP contribution in [0.25, 0.3) is 0 Å². The lowest BCUT2D eigenvalue weighted by molar-refractivity contribution is 0.156. The Balaban J connectivity index is 2.17.